The number of aromatic amines is 1. The molecule has 1 saturated heterocycles. The molecule has 3 heterocycles. The smallest absolute Gasteiger partial charge is 0.272 e. The Bertz CT molecular complexity index is 750. The molecule has 1 fully saturated rings. The summed E-state index contributed by atoms with van der Waals surface area (Å²) in [5.41, 5.74) is 5.68. The third kappa shape index (κ3) is 2.82. The van der Waals surface area contributed by atoms with Gasteiger partial charge in [-0.15, -0.1) is 0 Å². The fourth-order valence-electron chi connectivity index (χ4n) is 2.56. The molecular formula is C14H15ClFN5O. The maximum Gasteiger partial charge on any atom is 0.272 e. The Morgan fingerprint density at radius 1 is 1.55 bits per heavy atom. The molecule has 6 nitrogen and oxygen atoms in total. The maximum absolute atomic E-state index is 13.2. The average molecular weight is 324 g/mol. The highest BCUT2D eigenvalue weighted by Gasteiger charge is 2.25. The van der Waals surface area contributed by atoms with Crippen LogP contribution in [-0.2, 0) is 0 Å². The lowest BCUT2D eigenvalue weighted by atomic mass is 10.1. The minimum absolute atomic E-state index is 0.0379. The Morgan fingerprint density at radius 3 is 3.05 bits per heavy atom. The van der Waals surface area contributed by atoms with E-state index in [1.165, 1.54) is 12.3 Å². The molecule has 0 aliphatic carbocycles. The van der Waals surface area contributed by atoms with Crippen LogP contribution in [0, 0.1) is 11.9 Å². The van der Waals surface area contributed by atoms with Crippen molar-refractivity contribution in [1.29, 1.82) is 0 Å². The minimum atomic E-state index is -0.638. The fraction of sp³-hybridized carbons (Fsp3) is 0.357. The van der Waals surface area contributed by atoms with E-state index in [-0.39, 0.29) is 10.8 Å². The van der Waals surface area contributed by atoms with Crippen molar-refractivity contribution in [2.24, 2.45) is 11.7 Å². The Morgan fingerprint density at radius 2 is 2.36 bits per heavy atom. The molecule has 2 aromatic heterocycles. The predicted octanol–water partition coefficient (Wildman–Crippen LogP) is 1.41. The molecule has 0 radical (unpaired) electrons. The van der Waals surface area contributed by atoms with Crippen molar-refractivity contribution in [3.05, 3.63) is 39.7 Å². The van der Waals surface area contributed by atoms with E-state index < -0.39 is 11.5 Å². The molecule has 1 atom stereocenters. The van der Waals surface area contributed by atoms with Crippen molar-refractivity contribution in [1.82, 2.24) is 15.0 Å². The number of nitrogens with zero attached hydrogens (tertiary/aromatic N) is 3. The van der Waals surface area contributed by atoms with E-state index in [2.05, 4.69) is 15.0 Å². The summed E-state index contributed by atoms with van der Waals surface area (Å²) in [6.45, 7) is 2.03. The SMILES string of the molecule is NC[C@H]1CCN(c2nc(-c3ccnc(F)c3)[nH]c(=O)c2Cl)C1. The molecule has 0 saturated carbocycles. The predicted molar refractivity (Wildman–Crippen MR) is 82.4 cm³/mol. The van der Waals surface area contributed by atoms with Crippen molar-refractivity contribution >= 4 is 17.4 Å². The van der Waals surface area contributed by atoms with E-state index in [0.29, 0.717) is 30.4 Å². The van der Waals surface area contributed by atoms with Gasteiger partial charge < -0.3 is 15.6 Å². The van der Waals surface area contributed by atoms with Gasteiger partial charge in [0.05, 0.1) is 0 Å². The van der Waals surface area contributed by atoms with Crippen molar-refractivity contribution in [2.75, 3.05) is 24.5 Å². The van der Waals surface area contributed by atoms with Crippen LogP contribution >= 0.6 is 11.6 Å². The van der Waals surface area contributed by atoms with Gasteiger partial charge in [0, 0.05) is 30.9 Å². The minimum Gasteiger partial charge on any atom is -0.355 e. The van der Waals surface area contributed by atoms with E-state index >= 15 is 0 Å². The number of nitrogens with one attached hydrogen (secondary N) is 1. The number of halogens is 2. The molecule has 1 aliphatic heterocycles. The number of hydrogen-bond donors (Lipinski definition) is 2. The molecule has 3 rings (SSSR count). The summed E-state index contributed by atoms with van der Waals surface area (Å²) in [7, 11) is 0. The zero-order valence-corrected chi connectivity index (χ0v) is 12.5. The van der Waals surface area contributed by atoms with E-state index in [4.69, 9.17) is 17.3 Å². The molecule has 0 amide bonds. The number of H-pyrrole nitrogens is 1. The first kappa shape index (κ1) is 14.9. The van der Waals surface area contributed by atoms with Crippen LogP contribution in [0.2, 0.25) is 5.02 Å². The number of hydrogen-bond acceptors (Lipinski definition) is 5. The van der Waals surface area contributed by atoms with Gasteiger partial charge in [-0.3, -0.25) is 4.79 Å². The Labute approximate surface area is 131 Å². The molecule has 0 aromatic carbocycles. The van der Waals surface area contributed by atoms with Crippen LogP contribution in [0.1, 0.15) is 6.42 Å². The number of nitrogens with two attached hydrogens (primary N) is 1. The topological polar surface area (TPSA) is 87.9 Å². The van der Waals surface area contributed by atoms with E-state index in [1.807, 2.05) is 4.90 Å². The molecule has 2 aromatic rings. The molecule has 22 heavy (non-hydrogen) atoms. The summed E-state index contributed by atoms with van der Waals surface area (Å²) in [6, 6.07) is 2.79. The monoisotopic (exact) mass is 323 g/mol. The van der Waals surface area contributed by atoms with Crippen molar-refractivity contribution in [3.63, 3.8) is 0 Å². The van der Waals surface area contributed by atoms with Gasteiger partial charge in [0.25, 0.3) is 5.56 Å². The normalized spacial score (nSPS) is 18.0. The number of rotatable bonds is 3. The van der Waals surface area contributed by atoms with Crippen LogP contribution in [0.25, 0.3) is 11.4 Å². The highest BCUT2D eigenvalue weighted by molar-refractivity contribution is 6.32. The molecule has 3 N–H and O–H groups in total. The molecular weight excluding hydrogens is 309 g/mol. The van der Waals surface area contributed by atoms with E-state index in [0.717, 1.165) is 13.0 Å². The third-order valence-electron chi connectivity index (χ3n) is 3.76. The van der Waals surface area contributed by atoms with Crippen LogP contribution in [0.5, 0.6) is 0 Å². The van der Waals surface area contributed by atoms with Crippen LogP contribution in [0.4, 0.5) is 10.2 Å². The van der Waals surface area contributed by atoms with Gasteiger partial charge in [0.2, 0.25) is 5.95 Å². The second kappa shape index (κ2) is 6.02. The van der Waals surface area contributed by atoms with Gasteiger partial charge in [-0.1, -0.05) is 11.6 Å². The van der Waals surface area contributed by atoms with Crippen LogP contribution < -0.4 is 16.2 Å². The molecule has 0 bridgehead atoms. The summed E-state index contributed by atoms with van der Waals surface area (Å²) in [5, 5.41) is 0.0379. The molecule has 116 valence electrons. The summed E-state index contributed by atoms with van der Waals surface area (Å²) in [6.07, 6.45) is 2.25. The van der Waals surface area contributed by atoms with Gasteiger partial charge in [-0.2, -0.15) is 4.39 Å². The lowest BCUT2D eigenvalue weighted by Crippen LogP contribution is -2.26. The lowest BCUT2D eigenvalue weighted by molar-refractivity contribution is 0.584. The molecule has 0 spiro atoms. The van der Waals surface area contributed by atoms with Crippen molar-refractivity contribution in [3.8, 4) is 11.4 Å². The van der Waals surface area contributed by atoms with Gasteiger partial charge in [0.1, 0.15) is 10.8 Å². The molecule has 8 heteroatoms. The lowest BCUT2D eigenvalue weighted by Gasteiger charge is -2.19. The summed E-state index contributed by atoms with van der Waals surface area (Å²) in [5.74, 6) is 0.399. The first-order valence-corrected chi connectivity index (χ1v) is 7.33. The third-order valence-corrected chi connectivity index (χ3v) is 4.10. The standard InChI is InChI=1S/C14H15ClFN5O/c15-11-13(21-4-2-8(6-17)7-21)19-12(20-14(11)22)9-1-3-18-10(16)5-9/h1,3,5,8H,2,4,6-7,17H2,(H,19,20,22)/t8-/m1/s1. The first-order chi connectivity index (χ1) is 10.6. The van der Waals surface area contributed by atoms with Gasteiger partial charge in [-0.05, 0) is 24.9 Å². The number of pyridine rings is 1. The number of anilines is 1. The number of aromatic nitrogens is 3. The van der Waals surface area contributed by atoms with Crippen molar-refractivity contribution in [2.45, 2.75) is 6.42 Å². The molecule has 1 aliphatic rings. The van der Waals surface area contributed by atoms with Crippen LogP contribution in [0.15, 0.2) is 23.1 Å². The quantitative estimate of drug-likeness (QED) is 0.834. The van der Waals surface area contributed by atoms with Crippen LogP contribution in [-0.4, -0.2) is 34.6 Å². The van der Waals surface area contributed by atoms with Gasteiger partial charge >= 0.3 is 0 Å². The van der Waals surface area contributed by atoms with E-state index in [1.54, 1.807) is 6.07 Å². The summed E-state index contributed by atoms with van der Waals surface area (Å²) >= 11 is 6.09. The summed E-state index contributed by atoms with van der Waals surface area (Å²) < 4.78 is 13.2. The Kier molecular flexibility index (Phi) is 4.08. The van der Waals surface area contributed by atoms with Crippen molar-refractivity contribution < 1.29 is 4.39 Å². The first-order valence-electron chi connectivity index (χ1n) is 6.95. The van der Waals surface area contributed by atoms with Gasteiger partial charge in [0.15, 0.2) is 5.82 Å². The van der Waals surface area contributed by atoms with Crippen LogP contribution in [0.3, 0.4) is 0 Å². The molecule has 0 unspecified atom stereocenters. The fourth-order valence-corrected chi connectivity index (χ4v) is 2.77. The van der Waals surface area contributed by atoms with Gasteiger partial charge in [-0.25, -0.2) is 9.97 Å². The van der Waals surface area contributed by atoms with E-state index in [9.17, 15) is 9.18 Å². The zero-order valence-electron chi connectivity index (χ0n) is 11.7. The second-order valence-corrected chi connectivity index (χ2v) is 5.63. The Balaban J connectivity index is 2.02. The second-order valence-electron chi connectivity index (χ2n) is 5.26. The zero-order chi connectivity index (χ0) is 15.7. The average Bonchev–Trinajstić information content (AvgIpc) is 2.98. The summed E-state index contributed by atoms with van der Waals surface area (Å²) in [4.78, 5) is 24.4. The highest BCUT2D eigenvalue weighted by Crippen LogP contribution is 2.27. The highest BCUT2D eigenvalue weighted by atomic mass is 35.5. The Hall–Kier alpha value is -1.99. The largest absolute Gasteiger partial charge is 0.355 e. The maximum atomic E-state index is 13.2.